The van der Waals surface area contributed by atoms with Crippen molar-refractivity contribution in [2.24, 2.45) is 5.73 Å². The van der Waals surface area contributed by atoms with Crippen LogP contribution in [0.2, 0.25) is 0 Å². The summed E-state index contributed by atoms with van der Waals surface area (Å²) in [4.78, 5) is 13.4. The molecule has 4 heteroatoms. The van der Waals surface area contributed by atoms with Gasteiger partial charge in [0.1, 0.15) is 5.75 Å². The second-order valence-corrected chi connectivity index (χ2v) is 4.54. The maximum Gasteiger partial charge on any atom is 0.223 e. The summed E-state index contributed by atoms with van der Waals surface area (Å²) in [6.07, 6.45) is 0.379. The highest BCUT2D eigenvalue weighted by Crippen LogP contribution is 2.24. The van der Waals surface area contributed by atoms with Gasteiger partial charge in [0, 0.05) is 32.1 Å². The molecule has 0 fully saturated rings. The number of amides is 1. The van der Waals surface area contributed by atoms with Gasteiger partial charge in [-0.05, 0) is 31.0 Å². The van der Waals surface area contributed by atoms with Crippen molar-refractivity contribution in [2.75, 3.05) is 20.7 Å². The van der Waals surface area contributed by atoms with E-state index in [2.05, 4.69) is 13.0 Å². The van der Waals surface area contributed by atoms with Crippen LogP contribution in [0.15, 0.2) is 12.1 Å². The maximum absolute atomic E-state index is 11.7. The molecule has 2 N–H and O–H groups in total. The summed E-state index contributed by atoms with van der Waals surface area (Å²) >= 11 is 0. The fraction of sp³-hybridized carbons (Fsp3) is 0.500. The number of nitrogens with two attached hydrogens (primary N) is 1. The van der Waals surface area contributed by atoms with Crippen LogP contribution in [0.4, 0.5) is 0 Å². The molecule has 18 heavy (non-hydrogen) atoms. The summed E-state index contributed by atoms with van der Waals surface area (Å²) in [7, 11) is 3.43. The summed E-state index contributed by atoms with van der Waals surface area (Å²) in [5.41, 5.74) is 8.80. The van der Waals surface area contributed by atoms with Crippen molar-refractivity contribution >= 4 is 5.91 Å². The molecule has 1 amide bonds. The summed E-state index contributed by atoms with van der Waals surface area (Å²) in [5, 5.41) is 0. The third-order valence-electron chi connectivity index (χ3n) is 3.09. The highest BCUT2D eigenvalue weighted by atomic mass is 16.5. The summed E-state index contributed by atoms with van der Waals surface area (Å²) in [5.74, 6) is 0.878. The zero-order valence-electron chi connectivity index (χ0n) is 11.6. The van der Waals surface area contributed by atoms with Crippen LogP contribution in [-0.2, 0) is 11.3 Å². The molecule has 0 aliphatic carbocycles. The monoisotopic (exact) mass is 250 g/mol. The van der Waals surface area contributed by atoms with Crippen LogP contribution < -0.4 is 10.5 Å². The number of ether oxygens (including phenoxy) is 1. The average molecular weight is 250 g/mol. The Morgan fingerprint density at radius 3 is 2.50 bits per heavy atom. The van der Waals surface area contributed by atoms with Crippen LogP contribution >= 0.6 is 0 Å². The molecule has 0 saturated carbocycles. The zero-order chi connectivity index (χ0) is 13.7. The van der Waals surface area contributed by atoms with Crippen molar-refractivity contribution in [1.29, 1.82) is 0 Å². The number of nitrogens with zero attached hydrogens (tertiary/aromatic N) is 1. The lowest BCUT2D eigenvalue weighted by molar-refractivity contribution is -0.130. The third kappa shape index (κ3) is 3.47. The Kier molecular flexibility index (Phi) is 5.16. The topological polar surface area (TPSA) is 55.6 Å². The molecule has 1 aromatic rings. The first kappa shape index (κ1) is 14.5. The number of rotatable bonds is 5. The Labute approximate surface area is 109 Å². The van der Waals surface area contributed by atoms with Crippen molar-refractivity contribution in [2.45, 2.75) is 26.8 Å². The molecular weight excluding hydrogens is 228 g/mol. The second-order valence-electron chi connectivity index (χ2n) is 4.54. The van der Waals surface area contributed by atoms with Gasteiger partial charge < -0.3 is 15.4 Å². The quantitative estimate of drug-likeness (QED) is 0.864. The van der Waals surface area contributed by atoms with Crippen LogP contribution in [-0.4, -0.2) is 31.5 Å². The molecule has 0 aromatic heterocycles. The molecule has 0 saturated heterocycles. The lowest BCUT2D eigenvalue weighted by Gasteiger charge is -2.19. The number of aryl methyl sites for hydroxylation is 2. The largest absolute Gasteiger partial charge is 0.496 e. The number of benzene rings is 1. The van der Waals surface area contributed by atoms with Gasteiger partial charge in [-0.3, -0.25) is 4.79 Å². The van der Waals surface area contributed by atoms with Gasteiger partial charge in [-0.15, -0.1) is 0 Å². The van der Waals surface area contributed by atoms with Gasteiger partial charge in [-0.1, -0.05) is 6.07 Å². The van der Waals surface area contributed by atoms with E-state index in [1.165, 1.54) is 11.1 Å². The van der Waals surface area contributed by atoms with Gasteiger partial charge in [0.2, 0.25) is 5.91 Å². The van der Waals surface area contributed by atoms with Gasteiger partial charge in [0.25, 0.3) is 0 Å². The third-order valence-corrected chi connectivity index (χ3v) is 3.09. The lowest BCUT2D eigenvalue weighted by atomic mass is 10.0. The van der Waals surface area contributed by atoms with Gasteiger partial charge in [-0.2, -0.15) is 0 Å². The summed E-state index contributed by atoms with van der Waals surface area (Å²) in [6.45, 7) is 5.03. The van der Waals surface area contributed by atoms with Crippen LogP contribution in [0.1, 0.15) is 23.1 Å². The Balaban J connectivity index is 2.89. The molecule has 0 aliphatic heterocycles. The number of hydrogen-bond donors (Lipinski definition) is 1. The molecule has 0 spiro atoms. The number of carbonyl (C=O) groups is 1. The van der Waals surface area contributed by atoms with E-state index in [4.69, 9.17) is 10.5 Å². The van der Waals surface area contributed by atoms with E-state index in [0.29, 0.717) is 19.5 Å². The highest BCUT2D eigenvalue weighted by Gasteiger charge is 2.12. The summed E-state index contributed by atoms with van der Waals surface area (Å²) in [6, 6.07) is 4.08. The van der Waals surface area contributed by atoms with Gasteiger partial charge in [-0.25, -0.2) is 0 Å². The fourth-order valence-electron chi connectivity index (χ4n) is 1.82. The minimum Gasteiger partial charge on any atom is -0.496 e. The molecule has 1 aromatic carbocycles. The minimum absolute atomic E-state index is 0.0535. The number of hydrogen-bond acceptors (Lipinski definition) is 3. The lowest BCUT2D eigenvalue weighted by Crippen LogP contribution is -2.28. The molecule has 4 nitrogen and oxygen atoms in total. The molecule has 0 heterocycles. The van der Waals surface area contributed by atoms with E-state index in [1.807, 2.05) is 13.0 Å². The molecule has 0 aliphatic rings. The van der Waals surface area contributed by atoms with Gasteiger partial charge in [0.05, 0.1) is 7.11 Å². The first-order chi connectivity index (χ1) is 8.49. The Bertz CT molecular complexity index is 430. The van der Waals surface area contributed by atoms with Crippen LogP contribution in [0, 0.1) is 13.8 Å². The van der Waals surface area contributed by atoms with E-state index in [-0.39, 0.29) is 5.91 Å². The Morgan fingerprint density at radius 1 is 1.33 bits per heavy atom. The highest BCUT2D eigenvalue weighted by molar-refractivity contribution is 5.76. The first-order valence-electron chi connectivity index (χ1n) is 6.07. The second kappa shape index (κ2) is 6.40. The molecule has 100 valence electrons. The van der Waals surface area contributed by atoms with Crippen LogP contribution in [0.25, 0.3) is 0 Å². The van der Waals surface area contributed by atoms with Crippen molar-refractivity contribution in [1.82, 2.24) is 4.90 Å². The van der Waals surface area contributed by atoms with E-state index in [9.17, 15) is 4.79 Å². The standard InChI is InChI=1S/C14H22N2O2/c1-10-7-12(13(18-4)8-11(10)2)9-16(3)14(17)5-6-15/h7-8H,5-6,9,15H2,1-4H3. The molecule has 0 bridgehead atoms. The Hall–Kier alpha value is -1.55. The smallest absolute Gasteiger partial charge is 0.223 e. The fourth-order valence-corrected chi connectivity index (χ4v) is 1.82. The van der Waals surface area contributed by atoms with Crippen molar-refractivity contribution in [3.8, 4) is 5.75 Å². The normalized spacial score (nSPS) is 10.3. The predicted molar refractivity (Wildman–Crippen MR) is 72.6 cm³/mol. The summed E-state index contributed by atoms with van der Waals surface area (Å²) < 4.78 is 5.36. The predicted octanol–water partition coefficient (Wildman–Crippen LogP) is 1.62. The maximum atomic E-state index is 11.7. The average Bonchev–Trinajstić information content (AvgIpc) is 2.33. The van der Waals surface area contributed by atoms with E-state index in [1.54, 1.807) is 19.1 Å². The first-order valence-corrected chi connectivity index (χ1v) is 6.07. The van der Waals surface area contributed by atoms with Crippen molar-refractivity contribution in [3.05, 3.63) is 28.8 Å². The van der Waals surface area contributed by atoms with Crippen molar-refractivity contribution in [3.63, 3.8) is 0 Å². The van der Waals surface area contributed by atoms with E-state index >= 15 is 0 Å². The van der Waals surface area contributed by atoms with Crippen LogP contribution in [0.5, 0.6) is 5.75 Å². The Morgan fingerprint density at radius 2 is 1.94 bits per heavy atom. The number of methoxy groups -OCH3 is 1. The molecule has 1 rings (SSSR count). The minimum atomic E-state index is 0.0535. The zero-order valence-corrected chi connectivity index (χ0v) is 11.6. The SMILES string of the molecule is COc1cc(C)c(C)cc1CN(C)C(=O)CCN. The van der Waals surface area contributed by atoms with E-state index < -0.39 is 0 Å². The molecule has 0 atom stereocenters. The van der Waals surface area contributed by atoms with E-state index in [0.717, 1.165) is 11.3 Å². The number of carbonyl (C=O) groups excluding carboxylic acids is 1. The van der Waals surface area contributed by atoms with Gasteiger partial charge >= 0.3 is 0 Å². The molecule has 0 unspecified atom stereocenters. The molecule has 0 radical (unpaired) electrons. The van der Waals surface area contributed by atoms with Crippen LogP contribution in [0.3, 0.4) is 0 Å². The van der Waals surface area contributed by atoms with Crippen molar-refractivity contribution < 1.29 is 9.53 Å². The molecular formula is C14H22N2O2. The van der Waals surface area contributed by atoms with Gasteiger partial charge in [0.15, 0.2) is 0 Å².